The van der Waals surface area contributed by atoms with E-state index in [-0.39, 0.29) is 17.6 Å². The molecule has 3 unspecified atom stereocenters. The Morgan fingerprint density at radius 3 is 2.89 bits per heavy atom. The molecule has 0 aromatic heterocycles. The van der Waals surface area contributed by atoms with Crippen LogP contribution in [0.3, 0.4) is 0 Å². The van der Waals surface area contributed by atoms with Gasteiger partial charge in [-0.15, -0.1) is 0 Å². The van der Waals surface area contributed by atoms with Crippen LogP contribution in [0, 0.1) is 5.82 Å². The minimum absolute atomic E-state index is 0.0141. The number of hydrogen-bond acceptors (Lipinski definition) is 3. The minimum atomic E-state index is -0.300. The number of nitrogens with zero attached hydrogens (tertiary/aromatic N) is 1. The number of piperazine rings is 1. The Morgan fingerprint density at radius 2 is 2.17 bits per heavy atom. The van der Waals surface area contributed by atoms with Crippen molar-refractivity contribution in [1.29, 1.82) is 0 Å². The summed E-state index contributed by atoms with van der Waals surface area (Å²) >= 11 is 0. The maximum Gasteiger partial charge on any atom is 0.123 e. The molecule has 0 amide bonds. The highest BCUT2D eigenvalue weighted by Crippen LogP contribution is 2.31. The first kappa shape index (κ1) is 13.3. The van der Waals surface area contributed by atoms with Crippen molar-refractivity contribution in [3.05, 3.63) is 29.6 Å². The van der Waals surface area contributed by atoms with Gasteiger partial charge in [0.2, 0.25) is 0 Å². The molecule has 0 bridgehead atoms. The Labute approximate surface area is 108 Å². The van der Waals surface area contributed by atoms with Gasteiger partial charge in [-0.1, -0.05) is 0 Å². The lowest BCUT2D eigenvalue weighted by atomic mass is 10.0. The van der Waals surface area contributed by atoms with E-state index in [1.54, 1.807) is 0 Å². The molecule has 1 fully saturated rings. The lowest BCUT2D eigenvalue weighted by Crippen LogP contribution is -2.54. The maximum absolute atomic E-state index is 13.3. The van der Waals surface area contributed by atoms with E-state index < -0.39 is 0 Å². The molecule has 0 radical (unpaired) electrons. The van der Waals surface area contributed by atoms with Crippen LogP contribution in [0.2, 0.25) is 0 Å². The molecule has 1 aliphatic heterocycles. The monoisotopic (exact) mass is 252 g/mol. The molecule has 1 aromatic rings. The Balaban J connectivity index is 2.23. The summed E-state index contributed by atoms with van der Waals surface area (Å²) in [6.45, 7) is 8.12. The maximum atomic E-state index is 13.3. The first-order valence-corrected chi connectivity index (χ1v) is 6.46. The first-order chi connectivity index (χ1) is 8.49. The molecular formula is C14H21FN2O. The zero-order valence-corrected chi connectivity index (χ0v) is 11.2. The van der Waals surface area contributed by atoms with Crippen LogP contribution in [0.4, 0.5) is 4.39 Å². The van der Waals surface area contributed by atoms with Crippen LogP contribution in [0.1, 0.15) is 32.4 Å². The van der Waals surface area contributed by atoms with Crippen LogP contribution in [0.5, 0.6) is 5.75 Å². The van der Waals surface area contributed by atoms with Gasteiger partial charge in [-0.3, -0.25) is 4.90 Å². The van der Waals surface area contributed by atoms with E-state index in [0.29, 0.717) is 17.6 Å². The highest BCUT2D eigenvalue weighted by molar-refractivity contribution is 5.35. The largest absolute Gasteiger partial charge is 0.508 e. The number of benzene rings is 1. The summed E-state index contributed by atoms with van der Waals surface area (Å²) in [5, 5.41) is 13.3. The predicted molar refractivity (Wildman–Crippen MR) is 70.1 cm³/mol. The molecule has 3 atom stereocenters. The summed E-state index contributed by atoms with van der Waals surface area (Å²) in [5.41, 5.74) is 0.663. The zero-order valence-electron chi connectivity index (χ0n) is 11.2. The summed E-state index contributed by atoms with van der Waals surface area (Å²) in [7, 11) is 0. The summed E-state index contributed by atoms with van der Waals surface area (Å²) in [5.74, 6) is -0.132. The molecule has 2 rings (SSSR count). The molecule has 0 aliphatic carbocycles. The van der Waals surface area contributed by atoms with E-state index >= 15 is 0 Å². The summed E-state index contributed by atoms with van der Waals surface area (Å²) < 4.78 is 13.3. The summed E-state index contributed by atoms with van der Waals surface area (Å²) in [6, 6.07) is 4.95. The van der Waals surface area contributed by atoms with E-state index in [9.17, 15) is 9.50 Å². The van der Waals surface area contributed by atoms with E-state index in [4.69, 9.17) is 0 Å². The second-order valence-electron chi connectivity index (χ2n) is 5.23. The molecule has 1 aromatic carbocycles. The van der Waals surface area contributed by atoms with Crippen molar-refractivity contribution >= 4 is 0 Å². The van der Waals surface area contributed by atoms with Crippen LogP contribution >= 0.6 is 0 Å². The van der Waals surface area contributed by atoms with E-state index in [1.165, 1.54) is 18.2 Å². The molecule has 2 N–H and O–H groups in total. The van der Waals surface area contributed by atoms with Gasteiger partial charge >= 0.3 is 0 Å². The van der Waals surface area contributed by atoms with Gasteiger partial charge in [-0.2, -0.15) is 0 Å². The quantitative estimate of drug-likeness (QED) is 0.847. The van der Waals surface area contributed by atoms with Gasteiger partial charge in [0, 0.05) is 36.8 Å². The lowest BCUT2D eigenvalue weighted by Gasteiger charge is -2.41. The molecule has 0 saturated carbocycles. The third-order valence-corrected chi connectivity index (χ3v) is 3.75. The normalized spacial score (nSPS) is 27.1. The number of phenolic OH excluding ortho intramolecular Hbond substituents is 1. The van der Waals surface area contributed by atoms with Gasteiger partial charge in [0.15, 0.2) is 0 Å². The van der Waals surface area contributed by atoms with Crippen LogP contribution in [-0.2, 0) is 0 Å². The predicted octanol–water partition coefficient (Wildman–Crippen LogP) is 2.27. The summed E-state index contributed by atoms with van der Waals surface area (Å²) in [6.07, 6.45) is 0. The van der Waals surface area contributed by atoms with Gasteiger partial charge in [0.25, 0.3) is 0 Å². The van der Waals surface area contributed by atoms with Crippen molar-refractivity contribution in [3.8, 4) is 5.75 Å². The van der Waals surface area contributed by atoms with Gasteiger partial charge in [0.1, 0.15) is 11.6 Å². The van der Waals surface area contributed by atoms with Crippen LogP contribution in [0.25, 0.3) is 0 Å². The first-order valence-electron chi connectivity index (χ1n) is 6.46. The van der Waals surface area contributed by atoms with E-state index in [0.717, 1.165) is 13.1 Å². The molecule has 0 spiro atoms. The van der Waals surface area contributed by atoms with Crippen LogP contribution < -0.4 is 5.32 Å². The second-order valence-corrected chi connectivity index (χ2v) is 5.23. The number of aromatic hydroxyl groups is 1. The highest BCUT2D eigenvalue weighted by Gasteiger charge is 2.28. The van der Waals surface area contributed by atoms with Crippen molar-refractivity contribution < 1.29 is 9.50 Å². The minimum Gasteiger partial charge on any atom is -0.508 e. The number of phenols is 1. The molecule has 4 heteroatoms. The fraction of sp³-hybridized carbons (Fsp3) is 0.571. The molecule has 1 aliphatic rings. The fourth-order valence-corrected chi connectivity index (χ4v) is 2.63. The number of halogens is 1. The average molecular weight is 252 g/mol. The molecule has 100 valence electrons. The SMILES string of the molecule is CC1CN(C(C)c2cc(F)ccc2O)C(C)CN1. The third kappa shape index (κ3) is 2.65. The fourth-order valence-electron chi connectivity index (χ4n) is 2.63. The Hall–Kier alpha value is -1.13. The molecule has 3 nitrogen and oxygen atoms in total. The molecule has 1 heterocycles. The molecule has 1 saturated heterocycles. The Kier molecular flexibility index (Phi) is 3.88. The molecular weight excluding hydrogens is 231 g/mol. The van der Waals surface area contributed by atoms with Gasteiger partial charge in [-0.25, -0.2) is 4.39 Å². The molecule has 18 heavy (non-hydrogen) atoms. The standard InChI is InChI=1S/C14H21FN2O/c1-9-8-17(10(2)7-16-9)11(3)13-6-12(15)4-5-14(13)18/h4-6,9-11,16,18H,7-8H2,1-3H3. The smallest absolute Gasteiger partial charge is 0.123 e. The second kappa shape index (κ2) is 5.24. The third-order valence-electron chi connectivity index (χ3n) is 3.75. The topological polar surface area (TPSA) is 35.5 Å². The van der Waals surface area contributed by atoms with Crippen molar-refractivity contribution in [2.45, 2.75) is 38.9 Å². The average Bonchev–Trinajstić information content (AvgIpc) is 2.34. The number of rotatable bonds is 2. The van der Waals surface area contributed by atoms with Crippen molar-refractivity contribution in [2.75, 3.05) is 13.1 Å². The van der Waals surface area contributed by atoms with Crippen molar-refractivity contribution in [2.24, 2.45) is 0 Å². The Bertz CT molecular complexity index is 424. The van der Waals surface area contributed by atoms with Crippen LogP contribution in [0.15, 0.2) is 18.2 Å². The lowest BCUT2D eigenvalue weighted by molar-refractivity contribution is 0.102. The summed E-state index contributed by atoms with van der Waals surface area (Å²) in [4.78, 5) is 2.30. The van der Waals surface area contributed by atoms with Gasteiger partial charge in [-0.05, 0) is 39.0 Å². The highest BCUT2D eigenvalue weighted by atomic mass is 19.1. The van der Waals surface area contributed by atoms with Crippen LogP contribution in [-0.4, -0.2) is 35.2 Å². The van der Waals surface area contributed by atoms with E-state index in [2.05, 4.69) is 24.1 Å². The number of hydrogen-bond donors (Lipinski definition) is 2. The van der Waals surface area contributed by atoms with Gasteiger partial charge < -0.3 is 10.4 Å². The Morgan fingerprint density at radius 1 is 1.44 bits per heavy atom. The van der Waals surface area contributed by atoms with Crippen molar-refractivity contribution in [3.63, 3.8) is 0 Å². The number of nitrogens with one attached hydrogen (secondary N) is 1. The van der Waals surface area contributed by atoms with E-state index in [1.807, 2.05) is 6.92 Å². The zero-order chi connectivity index (χ0) is 13.3. The van der Waals surface area contributed by atoms with Crippen molar-refractivity contribution in [1.82, 2.24) is 10.2 Å². The van der Waals surface area contributed by atoms with Gasteiger partial charge in [0.05, 0.1) is 0 Å².